The van der Waals surface area contributed by atoms with Crippen LogP contribution < -0.4 is 4.72 Å². The number of hydroxylamine groups is 2. The second-order valence-corrected chi connectivity index (χ2v) is 7.27. The van der Waals surface area contributed by atoms with Crippen molar-refractivity contribution >= 4 is 27.8 Å². The average Bonchev–Trinajstić information content (AvgIpc) is 3.13. The number of hydrogen-bond donors (Lipinski definition) is 1. The van der Waals surface area contributed by atoms with Gasteiger partial charge in [-0.3, -0.25) is 14.3 Å². The Labute approximate surface area is 148 Å². The van der Waals surface area contributed by atoms with Crippen LogP contribution in [0, 0.1) is 0 Å². The SMILES string of the molecule is CC(NS(=O)(=O)c1cnn(C)c1)C(=O)ON1C(=O)c2ccccc2C1=O. The molecule has 1 unspecified atom stereocenters. The second kappa shape index (κ2) is 6.35. The number of hydrogen-bond acceptors (Lipinski definition) is 7. The third-order valence-electron chi connectivity index (χ3n) is 3.62. The van der Waals surface area contributed by atoms with Crippen molar-refractivity contribution in [1.29, 1.82) is 0 Å². The molecule has 1 N–H and O–H groups in total. The Balaban J connectivity index is 1.71. The number of nitrogens with zero attached hydrogens (tertiary/aromatic N) is 3. The van der Waals surface area contributed by atoms with E-state index in [4.69, 9.17) is 4.84 Å². The molecule has 0 fully saturated rings. The van der Waals surface area contributed by atoms with E-state index in [0.29, 0.717) is 5.06 Å². The number of benzene rings is 1. The Kier molecular flexibility index (Phi) is 4.34. The third-order valence-corrected chi connectivity index (χ3v) is 5.11. The molecular weight excluding hydrogens is 364 g/mol. The minimum Gasteiger partial charge on any atom is -0.328 e. The van der Waals surface area contributed by atoms with Gasteiger partial charge in [0, 0.05) is 13.2 Å². The zero-order valence-electron chi connectivity index (χ0n) is 13.7. The summed E-state index contributed by atoms with van der Waals surface area (Å²) in [5.41, 5.74) is 0.211. The molecule has 1 aromatic carbocycles. The molecule has 11 heteroatoms. The van der Waals surface area contributed by atoms with Crippen LogP contribution in [0.4, 0.5) is 0 Å². The first kappa shape index (κ1) is 17.8. The predicted molar refractivity (Wildman–Crippen MR) is 86.0 cm³/mol. The van der Waals surface area contributed by atoms with Crippen LogP contribution in [0.2, 0.25) is 0 Å². The summed E-state index contributed by atoms with van der Waals surface area (Å²) in [6.07, 6.45) is 2.37. The van der Waals surface area contributed by atoms with E-state index in [1.54, 1.807) is 19.2 Å². The summed E-state index contributed by atoms with van der Waals surface area (Å²) in [7, 11) is -2.48. The van der Waals surface area contributed by atoms with Gasteiger partial charge >= 0.3 is 5.97 Å². The Hall–Kier alpha value is -3.05. The van der Waals surface area contributed by atoms with Crippen molar-refractivity contribution in [3.63, 3.8) is 0 Å². The smallest absolute Gasteiger partial charge is 0.328 e. The first-order valence-electron chi connectivity index (χ1n) is 7.41. The number of nitrogens with one attached hydrogen (secondary N) is 1. The van der Waals surface area contributed by atoms with Gasteiger partial charge in [-0.05, 0) is 19.1 Å². The molecule has 136 valence electrons. The van der Waals surface area contributed by atoms with Gasteiger partial charge in [-0.15, -0.1) is 0 Å². The number of rotatable bonds is 5. The largest absolute Gasteiger partial charge is 0.350 e. The normalized spacial score (nSPS) is 15.1. The summed E-state index contributed by atoms with van der Waals surface area (Å²) < 4.78 is 27.8. The van der Waals surface area contributed by atoms with Crippen molar-refractivity contribution in [3.05, 3.63) is 47.8 Å². The average molecular weight is 378 g/mol. The lowest BCUT2D eigenvalue weighted by Gasteiger charge is -2.16. The Morgan fingerprint density at radius 1 is 1.19 bits per heavy atom. The van der Waals surface area contributed by atoms with Crippen molar-refractivity contribution in [2.24, 2.45) is 7.05 Å². The van der Waals surface area contributed by atoms with Crippen LogP contribution in [0.1, 0.15) is 27.6 Å². The molecule has 2 aromatic rings. The summed E-state index contributed by atoms with van der Waals surface area (Å²) in [6.45, 7) is 1.23. The molecule has 26 heavy (non-hydrogen) atoms. The first-order valence-corrected chi connectivity index (χ1v) is 8.89. The van der Waals surface area contributed by atoms with Crippen molar-refractivity contribution in [2.45, 2.75) is 17.9 Å². The van der Waals surface area contributed by atoms with E-state index in [2.05, 4.69) is 9.82 Å². The van der Waals surface area contributed by atoms with Crippen LogP contribution in [0.5, 0.6) is 0 Å². The van der Waals surface area contributed by atoms with Crippen molar-refractivity contribution in [2.75, 3.05) is 0 Å². The molecule has 0 spiro atoms. The Morgan fingerprint density at radius 2 is 1.77 bits per heavy atom. The van der Waals surface area contributed by atoms with E-state index in [0.717, 1.165) is 6.20 Å². The summed E-state index contributed by atoms with van der Waals surface area (Å²) >= 11 is 0. The van der Waals surface area contributed by atoms with E-state index in [-0.39, 0.29) is 16.0 Å². The summed E-state index contributed by atoms with van der Waals surface area (Å²) in [5.74, 6) is -2.69. The number of sulfonamides is 1. The fourth-order valence-corrected chi connectivity index (χ4v) is 3.48. The fraction of sp³-hybridized carbons (Fsp3) is 0.200. The van der Waals surface area contributed by atoms with E-state index in [1.807, 2.05) is 0 Å². The zero-order valence-corrected chi connectivity index (χ0v) is 14.6. The molecule has 2 amide bonds. The van der Waals surface area contributed by atoms with Gasteiger partial charge in [0.15, 0.2) is 0 Å². The fourth-order valence-electron chi connectivity index (χ4n) is 2.31. The zero-order chi connectivity index (χ0) is 19.1. The molecular formula is C15H14N4O6S. The number of carbonyl (C=O) groups is 3. The summed E-state index contributed by atoms with van der Waals surface area (Å²) in [5, 5.41) is 4.07. The molecule has 3 rings (SSSR count). The van der Waals surface area contributed by atoms with Gasteiger partial charge in [-0.1, -0.05) is 17.2 Å². The number of fused-ring (bicyclic) bond motifs is 1. The van der Waals surface area contributed by atoms with Gasteiger partial charge < -0.3 is 4.84 Å². The quantitative estimate of drug-likeness (QED) is 0.716. The Bertz CT molecular complexity index is 978. The summed E-state index contributed by atoms with van der Waals surface area (Å²) in [4.78, 5) is 41.1. The molecule has 0 saturated heterocycles. The van der Waals surface area contributed by atoms with Crippen LogP contribution in [-0.2, 0) is 26.7 Å². The lowest BCUT2D eigenvalue weighted by molar-refractivity contribution is -0.170. The number of amides is 2. The number of imide groups is 1. The van der Waals surface area contributed by atoms with Crippen molar-refractivity contribution < 1.29 is 27.6 Å². The molecule has 1 atom stereocenters. The molecule has 1 aliphatic heterocycles. The number of aryl methyl sites for hydroxylation is 1. The standard InChI is InChI=1S/C15H14N4O6S/c1-9(17-26(23,24)10-7-16-18(2)8-10)15(22)25-19-13(20)11-5-3-4-6-12(11)14(19)21/h3-9,17H,1-2H3. The Morgan fingerprint density at radius 3 is 2.27 bits per heavy atom. The maximum absolute atomic E-state index is 12.2. The highest BCUT2D eigenvalue weighted by Gasteiger charge is 2.39. The molecule has 0 aliphatic carbocycles. The highest BCUT2D eigenvalue weighted by atomic mass is 32.2. The monoisotopic (exact) mass is 378 g/mol. The van der Waals surface area contributed by atoms with Crippen LogP contribution in [0.3, 0.4) is 0 Å². The topological polar surface area (TPSA) is 128 Å². The van der Waals surface area contributed by atoms with Crippen molar-refractivity contribution in [1.82, 2.24) is 19.6 Å². The highest BCUT2D eigenvalue weighted by molar-refractivity contribution is 7.89. The van der Waals surface area contributed by atoms with Gasteiger partial charge in [0.2, 0.25) is 10.0 Å². The number of aromatic nitrogens is 2. The molecule has 0 radical (unpaired) electrons. The van der Waals surface area contributed by atoms with Crippen LogP contribution >= 0.6 is 0 Å². The predicted octanol–water partition coefficient (Wildman–Crippen LogP) is -0.159. The summed E-state index contributed by atoms with van der Waals surface area (Å²) in [6, 6.07) is 4.65. The van der Waals surface area contributed by atoms with Gasteiger partial charge in [-0.25, -0.2) is 13.2 Å². The molecule has 2 heterocycles. The third kappa shape index (κ3) is 3.09. The van der Waals surface area contributed by atoms with Gasteiger partial charge in [0.05, 0.1) is 17.3 Å². The van der Waals surface area contributed by atoms with Crippen LogP contribution in [0.25, 0.3) is 0 Å². The van der Waals surface area contributed by atoms with E-state index < -0.39 is 33.8 Å². The van der Waals surface area contributed by atoms with Gasteiger partial charge in [0.1, 0.15) is 10.9 Å². The number of carbonyl (C=O) groups excluding carboxylic acids is 3. The second-order valence-electron chi connectivity index (χ2n) is 5.55. The van der Waals surface area contributed by atoms with Gasteiger partial charge in [0.25, 0.3) is 11.8 Å². The molecule has 0 saturated carbocycles. The minimum absolute atomic E-state index is 0.105. The molecule has 1 aromatic heterocycles. The van der Waals surface area contributed by atoms with E-state index >= 15 is 0 Å². The van der Waals surface area contributed by atoms with Crippen LogP contribution in [-0.4, -0.2) is 47.1 Å². The maximum atomic E-state index is 12.2. The van der Waals surface area contributed by atoms with E-state index in [1.165, 1.54) is 29.9 Å². The van der Waals surface area contributed by atoms with E-state index in [9.17, 15) is 22.8 Å². The lowest BCUT2D eigenvalue weighted by Crippen LogP contribution is -2.43. The molecule has 0 bridgehead atoms. The lowest BCUT2D eigenvalue weighted by atomic mass is 10.1. The molecule has 1 aliphatic rings. The minimum atomic E-state index is -4.02. The van der Waals surface area contributed by atoms with Gasteiger partial charge in [-0.2, -0.15) is 9.82 Å². The van der Waals surface area contributed by atoms with Crippen LogP contribution in [0.15, 0.2) is 41.6 Å². The molecule has 10 nitrogen and oxygen atoms in total. The highest BCUT2D eigenvalue weighted by Crippen LogP contribution is 2.22. The first-order chi connectivity index (χ1) is 12.2. The maximum Gasteiger partial charge on any atom is 0.350 e. The van der Waals surface area contributed by atoms with Crippen molar-refractivity contribution in [3.8, 4) is 0 Å².